The number of hydrazone groups is 1. The number of carbonyl (C=O) groups is 2. The molecule has 0 fully saturated rings. The number of amides is 2. The Morgan fingerprint density at radius 3 is 2.57 bits per heavy atom. The smallest absolute Gasteiger partial charge is 0.262 e. The minimum atomic E-state index is -1.09. The lowest BCUT2D eigenvalue weighted by Gasteiger charge is -2.23. The quantitative estimate of drug-likeness (QED) is 0.433. The van der Waals surface area contributed by atoms with Gasteiger partial charge >= 0.3 is 0 Å². The van der Waals surface area contributed by atoms with E-state index in [0.29, 0.717) is 22.3 Å². The molecule has 3 aromatic carbocycles. The van der Waals surface area contributed by atoms with Crippen molar-refractivity contribution in [1.82, 2.24) is 5.01 Å². The molecule has 2 atom stereocenters. The van der Waals surface area contributed by atoms with Crippen molar-refractivity contribution in [3.05, 3.63) is 100 Å². The van der Waals surface area contributed by atoms with Gasteiger partial charge in [-0.25, -0.2) is 18.2 Å². The predicted molar refractivity (Wildman–Crippen MR) is 137 cm³/mol. The van der Waals surface area contributed by atoms with Gasteiger partial charge in [-0.2, -0.15) is 10.1 Å². The van der Waals surface area contributed by atoms with Crippen LogP contribution in [0.1, 0.15) is 30.0 Å². The van der Waals surface area contributed by atoms with E-state index in [1.54, 1.807) is 29.3 Å². The van der Waals surface area contributed by atoms with Gasteiger partial charge in [-0.1, -0.05) is 47.6 Å². The molecule has 0 aliphatic carbocycles. The molecule has 0 bridgehead atoms. The molecule has 2 unspecified atom stereocenters. The summed E-state index contributed by atoms with van der Waals surface area (Å²) in [6.45, 7) is 0. The van der Waals surface area contributed by atoms with Crippen molar-refractivity contribution in [3.8, 4) is 0 Å². The molecule has 2 amide bonds. The summed E-state index contributed by atoms with van der Waals surface area (Å²) < 4.78 is 40.0. The number of amidine groups is 1. The Morgan fingerprint density at radius 1 is 1.05 bits per heavy atom. The van der Waals surface area contributed by atoms with Crippen LogP contribution in [0.25, 0.3) is 0 Å². The third-order valence-corrected chi connectivity index (χ3v) is 7.20. The lowest BCUT2D eigenvalue weighted by atomic mass is 9.98. The highest BCUT2D eigenvalue weighted by atomic mass is 35.5. The maximum atomic E-state index is 13.5. The van der Waals surface area contributed by atoms with E-state index < -0.39 is 28.7 Å². The molecule has 11 heteroatoms. The Balaban J connectivity index is 1.35. The van der Waals surface area contributed by atoms with Gasteiger partial charge in [0.15, 0.2) is 16.8 Å². The first kappa shape index (κ1) is 25.0. The zero-order chi connectivity index (χ0) is 26.1. The Morgan fingerprint density at radius 2 is 1.84 bits per heavy atom. The summed E-state index contributed by atoms with van der Waals surface area (Å²) in [5, 5.41) is 8.83. The zero-order valence-electron chi connectivity index (χ0n) is 19.0. The third-order valence-electron chi connectivity index (χ3n) is 5.82. The highest BCUT2D eigenvalue weighted by molar-refractivity contribution is 8.15. The van der Waals surface area contributed by atoms with Crippen LogP contribution in [0.15, 0.2) is 76.8 Å². The zero-order valence-corrected chi connectivity index (χ0v) is 20.6. The van der Waals surface area contributed by atoms with Crippen LogP contribution in [0.2, 0.25) is 5.02 Å². The summed E-state index contributed by atoms with van der Waals surface area (Å²) in [5.41, 5.74) is 2.34. The number of anilines is 1. The first-order chi connectivity index (χ1) is 17.8. The van der Waals surface area contributed by atoms with Gasteiger partial charge in [-0.15, -0.1) is 0 Å². The molecular weight excluding hydrogens is 525 g/mol. The first-order valence-corrected chi connectivity index (χ1v) is 12.4. The van der Waals surface area contributed by atoms with E-state index in [1.807, 2.05) is 12.1 Å². The van der Waals surface area contributed by atoms with Gasteiger partial charge in [0.2, 0.25) is 5.91 Å². The fraction of sp³-hybridized carbons (Fsp3) is 0.154. The number of nitrogens with zero attached hydrogens (tertiary/aromatic N) is 3. The second-order valence-electron chi connectivity index (χ2n) is 8.39. The molecule has 1 N–H and O–H groups in total. The molecule has 3 aromatic rings. The molecule has 2 aliphatic rings. The van der Waals surface area contributed by atoms with Gasteiger partial charge < -0.3 is 5.32 Å². The Bertz CT molecular complexity index is 1450. The van der Waals surface area contributed by atoms with Crippen molar-refractivity contribution >= 4 is 51.7 Å². The maximum absolute atomic E-state index is 13.5. The van der Waals surface area contributed by atoms with E-state index in [1.165, 1.54) is 18.2 Å². The van der Waals surface area contributed by atoms with E-state index in [9.17, 15) is 22.8 Å². The van der Waals surface area contributed by atoms with Gasteiger partial charge in [0.25, 0.3) is 5.91 Å². The average Bonchev–Trinajstić information content (AvgIpc) is 3.46. The number of halogens is 4. The van der Waals surface area contributed by atoms with Crippen LogP contribution in [-0.4, -0.2) is 33.0 Å². The second-order valence-corrected chi connectivity index (χ2v) is 10.00. The molecule has 37 heavy (non-hydrogen) atoms. The lowest BCUT2D eigenvalue weighted by Crippen LogP contribution is -2.25. The normalized spacial score (nSPS) is 19.1. The van der Waals surface area contributed by atoms with Crippen molar-refractivity contribution in [2.24, 2.45) is 10.1 Å². The van der Waals surface area contributed by atoms with Crippen molar-refractivity contribution in [1.29, 1.82) is 0 Å². The molecule has 0 radical (unpaired) electrons. The van der Waals surface area contributed by atoms with Gasteiger partial charge in [0.05, 0.1) is 11.8 Å². The lowest BCUT2D eigenvalue weighted by molar-refractivity contribution is -0.121. The summed E-state index contributed by atoms with van der Waals surface area (Å²) in [6.07, 6.45) is 0.237. The Labute approximate surface area is 219 Å². The van der Waals surface area contributed by atoms with E-state index in [2.05, 4.69) is 10.3 Å². The number of hydrogen-bond donors (Lipinski definition) is 1. The topological polar surface area (TPSA) is 74.1 Å². The standard InChI is InChI=1S/C26H18ClF3N4O2S/c27-16-3-1-2-15(10-16)22-12-21(14-4-6-17(28)7-5-14)33-34(22)26-32-25(36)23(37-26)13-24(35)31-18-8-9-19(29)20(30)11-18/h1-11,22-23H,12-13H2,(H,31,35). The molecule has 2 aliphatic heterocycles. The third kappa shape index (κ3) is 5.55. The van der Waals surface area contributed by atoms with Crippen molar-refractivity contribution < 1.29 is 22.8 Å². The van der Waals surface area contributed by atoms with E-state index in [4.69, 9.17) is 16.7 Å². The molecule has 5 rings (SSSR count). The summed E-state index contributed by atoms with van der Waals surface area (Å²) in [5.74, 6) is -3.53. The molecule has 6 nitrogen and oxygen atoms in total. The molecule has 0 saturated heterocycles. The van der Waals surface area contributed by atoms with Crippen LogP contribution in [0.3, 0.4) is 0 Å². The van der Waals surface area contributed by atoms with Gasteiger partial charge in [0.1, 0.15) is 11.1 Å². The monoisotopic (exact) mass is 542 g/mol. The summed E-state index contributed by atoms with van der Waals surface area (Å²) in [6, 6.07) is 15.9. The predicted octanol–water partition coefficient (Wildman–Crippen LogP) is 5.94. The van der Waals surface area contributed by atoms with Crippen LogP contribution in [0, 0.1) is 17.5 Å². The Hall–Kier alpha value is -3.63. The van der Waals surface area contributed by atoms with Crippen LogP contribution >= 0.6 is 23.4 Å². The number of nitrogens with one attached hydrogen (secondary N) is 1. The van der Waals surface area contributed by atoms with Crippen molar-refractivity contribution in [2.45, 2.75) is 24.1 Å². The van der Waals surface area contributed by atoms with Gasteiger partial charge in [-0.3, -0.25) is 9.59 Å². The summed E-state index contributed by atoms with van der Waals surface area (Å²) in [4.78, 5) is 29.3. The number of hydrogen-bond acceptors (Lipinski definition) is 5. The molecule has 188 valence electrons. The van der Waals surface area contributed by atoms with Crippen LogP contribution in [-0.2, 0) is 9.59 Å². The fourth-order valence-corrected chi connectivity index (χ4v) is 5.30. The largest absolute Gasteiger partial charge is 0.326 e. The molecule has 0 spiro atoms. The molecule has 0 saturated carbocycles. The number of rotatable bonds is 5. The van der Waals surface area contributed by atoms with Crippen molar-refractivity contribution in [2.75, 3.05) is 5.32 Å². The minimum absolute atomic E-state index is 0.0783. The molecule has 2 heterocycles. The van der Waals surface area contributed by atoms with Crippen LogP contribution in [0.5, 0.6) is 0 Å². The van der Waals surface area contributed by atoms with E-state index in [0.717, 1.165) is 35.0 Å². The molecule has 0 aromatic heterocycles. The average molecular weight is 543 g/mol. The minimum Gasteiger partial charge on any atom is -0.326 e. The van der Waals surface area contributed by atoms with E-state index >= 15 is 0 Å². The van der Waals surface area contributed by atoms with E-state index in [-0.39, 0.29) is 24.0 Å². The van der Waals surface area contributed by atoms with Gasteiger partial charge in [0, 0.05) is 29.6 Å². The maximum Gasteiger partial charge on any atom is 0.262 e. The fourth-order valence-electron chi connectivity index (χ4n) is 4.04. The first-order valence-electron chi connectivity index (χ1n) is 11.2. The number of benzene rings is 3. The van der Waals surface area contributed by atoms with Crippen LogP contribution < -0.4 is 5.32 Å². The van der Waals surface area contributed by atoms with Crippen LogP contribution in [0.4, 0.5) is 18.9 Å². The number of thioether (sulfide) groups is 1. The Kier molecular flexibility index (Phi) is 7.03. The highest BCUT2D eigenvalue weighted by Gasteiger charge is 2.39. The van der Waals surface area contributed by atoms with Crippen molar-refractivity contribution in [3.63, 3.8) is 0 Å². The summed E-state index contributed by atoms with van der Waals surface area (Å²) >= 11 is 7.31. The van der Waals surface area contributed by atoms with Gasteiger partial charge in [-0.05, 0) is 47.5 Å². The summed E-state index contributed by atoms with van der Waals surface area (Å²) in [7, 11) is 0. The number of carbonyl (C=O) groups excluding carboxylic acids is 2. The second kappa shape index (κ2) is 10.4. The SMILES string of the molecule is O=C(CC1SC(N2N=C(c3ccc(F)cc3)CC2c2cccc(Cl)c2)=NC1=O)Nc1ccc(F)c(F)c1. The number of aliphatic imine (C=N–C) groups is 1. The molecular formula is C26H18ClF3N4O2S. The highest BCUT2D eigenvalue weighted by Crippen LogP contribution is 2.39.